The molecule has 1 atom stereocenters. The lowest BCUT2D eigenvalue weighted by molar-refractivity contribution is -0.143. The Morgan fingerprint density at radius 2 is 2.40 bits per heavy atom. The largest absolute Gasteiger partial charge is 0.464 e. The Bertz CT molecular complexity index is 344. The summed E-state index contributed by atoms with van der Waals surface area (Å²) >= 11 is 3.30. The van der Waals surface area contributed by atoms with Crippen molar-refractivity contribution in [1.82, 2.24) is 4.98 Å². The molecule has 0 fully saturated rings. The molecular formula is C10H13BrN2O2. The van der Waals surface area contributed by atoms with Gasteiger partial charge in [0.15, 0.2) is 0 Å². The summed E-state index contributed by atoms with van der Waals surface area (Å²) in [6, 6.07) is 1.48. The second-order valence-corrected chi connectivity index (χ2v) is 3.93. The zero-order valence-electron chi connectivity index (χ0n) is 8.66. The van der Waals surface area contributed by atoms with Gasteiger partial charge in [0.2, 0.25) is 0 Å². The van der Waals surface area contributed by atoms with Crippen molar-refractivity contribution in [3.05, 3.63) is 22.9 Å². The Labute approximate surface area is 97.2 Å². The van der Waals surface area contributed by atoms with Crippen LogP contribution in [-0.2, 0) is 9.53 Å². The summed E-state index contributed by atoms with van der Waals surface area (Å²) in [6.45, 7) is 3.92. The second kappa shape index (κ2) is 5.70. The molecule has 0 amide bonds. The second-order valence-electron chi connectivity index (χ2n) is 3.01. The highest BCUT2D eigenvalue weighted by atomic mass is 79.9. The third-order valence-electron chi connectivity index (χ3n) is 1.73. The SMILES string of the molecule is CCOC(=O)C(C)Nc1cncc(Br)c1. The van der Waals surface area contributed by atoms with Gasteiger partial charge in [0.25, 0.3) is 0 Å². The molecule has 1 aromatic rings. The van der Waals surface area contributed by atoms with E-state index in [4.69, 9.17) is 4.74 Å². The maximum atomic E-state index is 11.3. The zero-order valence-corrected chi connectivity index (χ0v) is 10.2. The molecule has 1 aromatic heterocycles. The number of halogens is 1. The van der Waals surface area contributed by atoms with E-state index in [1.807, 2.05) is 6.07 Å². The van der Waals surface area contributed by atoms with Gasteiger partial charge in [0.1, 0.15) is 6.04 Å². The summed E-state index contributed by atoms with van der Waals surface area (Å²) in [5, 5.41) is 3.00. The van der Waals surface area contributed by atoms with Crippen molar-refractivity contribution in [2.24, 2.45) is 0 Å². The van der Waals surface area contributed by atoms with Crippen LogP contribution in [0.25, 0.3) is 0 Å². The molecule has 1 heterocycles. The van der Waals surface area contributed by atoms with E-state index in [1.54, 1.807) is 26.2 Å². The number of hydrogen-bond acceptors (Lipinski definition) is 4. The molecule has 1 N–H and O–H groups in total. The molecule has 1 rings (SSSR count). The van der Waals surface area contributed by atoms with E-state index in [9.17, 15) is 4.79 Å². The van der Waals surface area contributed by atoms with Crippen molar-refractivity contribution < 1.29 is 9.53 Å². The number of anilines is 1. The number of esters is 1. The van der Waals surface area contributed by atoms with E-state index in [2.05, 4.69) is 26.2 Å². The predicted molar refractivity (Wildman–Crippen MR) is 61.7 cm³/mol. The number of aromatic nitrogens is 1. The molecule has 82 valence electrons. The number of carbonyl (C=O) groups is 1. The van der Waals surface area contributed by atoms with Crippen molar-refractivity contribution >= 4 is 27.6 Å². The summed E-state index contributed by atoms with van der Waals surface area (Å²) < 4.78 is 5.74. The lowest BCUT2D eigenvalue weighted by atomic mass is 10.3. The van der Waals surface area contributed by atoms with Gasteiger partial charge in [-0.2, -0.15) is 0 Å². The van der Waals surface area contributed by atoms with Gasteiger partial charge in [-0.15, -0.1) is 0 Å². The molecule has 0 radical (unpaired) electrons. The minimum Gasteiger partial charge on any atom is -0.464 e. The smallest absolute Gasteiger partial charge is 0.328 e. The van der Waals surface area contributed by atoms with Gasteiger partial charge >= 0.3 is 5.97 Å². The Balaban J connectivity index is 2.58. The van der Waals surface area contributed by atoms with Crippen LogP contribution >= 0.6 is 15.9 Å². The maximum absolute atomic E-state index is 11.3. The summed E-state index contributed by atoms with van der Waals surface area (Å²) in [7, 11) is 0. The van der Waals surface area contributed by atoms with Gasteiger partial charge in [-0.3, -0.25) is 4.98 Å². The fraction of sp³-hybridized carbons (Fsp3) is 0.400. The standard InChI is InChI=1S/C10H13BrN2O2/c1-3-15-10(14)7(2)13-9-4-8(11)5-12-6-9/h4-7,13H,3H2,1-2H3. The summed E-state index contributed by atoms with van der Waals surface area (Å²) in [5.74, 6) is -0.266. The lowest BCUT2D eigenvalue weighted by Crippen LogP contribution is -2.28. The normalized spacial score (nSPS) is 11.9. The summed E-state index contributed by atoms with van der Waals surface area (Å²) in [4.78, 5) is 15.3. The highest BCUT2D eigenvalue weighted by Gasteiger charge is 2.13. The average molecular weight is 273 g/mol. The van der Waals surface area contributed by atoms with Crippen molar-refractivity contribution in [3.8, 4) is 0 Å². The average Bonchev–Trinajstić information content (AvgIpc) is 2.18. The molecule has 0 aliphatic carbocycles. The van der Waals surface area contributed by atoms with E-state index in [-0.39, 0.29) is 12.0 Å². The number of nitrogens with zero attached hydrogens (tertiary/aromatic N) is 1. The van der Waals surface area contributed by atoms with Gasteiger partial charge in [-0.1, -0.05) is 0 Å². The Morgan fingerprint density at radius 3 is 3.00 bits per heavy atom. The molecule has 15 heavy (non-hydrogen) atoms. The van der Waals surface area contributed by atoms with Crippen LogP contribution in [0.4, 0.5) is 5.69 Å². The van der Waals surface area contributed by atoms with E-state index < -0.39 is 0 Å². The first-order valence-electron chi connectivity index (χ1n) is 4.67. The molecule has 0 bridgehead atoms. The molecule has 0 aromatic carbocycles. The monoisotopic (exact) mass is 272 g/mol. The van der Waals surface area contributed by atoms with Crippen LogP contribution in [0.5, 0.6) is 0 Å². The molecule has 0 aliphatic heterocycles. The summed E-state index contributed by atoms with van der Waals surface area (Å²) in [5.41, 5.74) is 0.782. The number of ether oxygens (including phenoxy) is 1. The quantitative estimate of drug-likeness (QED) is 0.854. The fourth-order valence-corrected chi connectivity index (χ4v) is 1.43. The zero-order chi connectivity index (χ0) is 11.3. The third kappa shape index (κ3) is 3.87. The Morgan fingerprint density at radius 1 is 1.67 bits per heavy atom. The molecule has 0 spiro atoms. The van der Waals surface area contributed by atoms with Crippen molar-refractivity contribution in [2.45, 2.75) is 19.9 Å². The van der Waals surface area contributed by atoms with E-state index in [0.29, 0.717) is 6.61 Å². The number of carbonyl (C=O) groups excluding carboxylic acids is 1. The number of pyridine rings is 1. The maximum Gasteiger partial charge on any atom is 0.328 e. The molecule has 0 saturated heterocycles. The van der Waals surface area contributed by atoms with Crippen molar-refractivity contribution in [1.29, 1.82) is 0 Å². The summed E-state index contributed by atoms with van der Waals surface area (Å²) in [6.07, 6.45) is 3.33. The number of rotatable bonds is 4. The fourth-order valence-electron chi connectivity index (χ4n) is 1.07. The highest BCUT2D eigenvalue weighted by molar-refractivity contribution is 9.10. The van der Waals surface area contributed by atoms with Crippen molar-refractivity contribution in [3.63, 3.8) is 0 Å². The van der Waals surface area contributed by atoms with E-state index in [1.165, 1.54) is 0 Å². The molecule has 0 saturated carbocycles. The minimum atomic E-state index is -0.374. The van der Waals surface area contributed by atoms with Gasteiger partial charge in [-0.25, -0.2) is 4.79 Å². The molecule has 5 heteroatoms. The highest BCUT2D eigenvalue weighted by Crippen LogP contribution is 2.14. The Hall–Kier alpha value is -1.10. The number of nitrogens with one attached hydrogen (secondary N) is 1. The van der Waals surface area contributed by atoms with Crippen LogP contribution in [0.2, 0.25) is 0 Å². The van der Waals surface area contributed by atoms with Gasteiger partial charge in [0.05, 0.1) is 18.5 Å². The van der Waals surface area contributed by atoms with Crippen LogP contribution < -0.4 is 5.32 Å². The van der Waals surface area contributed by atoms with Gasteiger partial charge < -0.3 is 10.1 Å². The van der Waals surface area contributed by atoms with E-state index >= 15 is 0 Å². The first-order chi connectivity index (χ1) is 7.13. The molecule has 4 nitrogen and oxygen atoms in total. The minimum absolute atomic E-state index is 0.266. The van der Waals surface area contributed by atoms with Crippen LogP contribution in [-0.4, -0.2) is 23.6 Å². The topological polar surface area (TPSA) is 51.2 Å². The third-order valence-corrected chi connectivity index (χ3v) is 2.16. The Kier molecular flexibility index (Phi) is 4.55. The van der Waals surface area contributed by atoms with Crippen LogP contribution in [0.1, 0.15) is 13.8 Å². The number of hydrogen-bond donors (Lipinski definition) is 1. The first kappa shape index (κ1) is 12.0. The first-order valence-corrected chi connectivity index (χ1v) is 5.46. The van der Waals surface area contributed by atoms with Crippen LogP contribution in [0.3, 0.4) is 0 Å². The molecule has 1 unspecified atom stereocenters. The van der Waals surface area contributed by atoms with Gasteiger partial charge in [0, 0.05) is 10.7 Å². The molecular weight excluding hydrogens is 260 g/mol. The predicted octanol–water partition coefficient (Wildman–Crippen LogP) is 2.21. The molecule has 0 aliphatic rings. The van der Waals surface area contributed by atoms with Gasteiger partial charge in [-0.05, 0) is 35.8 Å². The van der Waals surface area contributed by atoms with Crippen LogP contribution in [0.15, 0.2) is 22.9 Å². The van der Waals surface area contributed by atoms with E-state index in [0.717, 1.165) is 10.2 Å². The van der Waals surface area contributed by atoms with Crippen LogP contribution in [0, 0.1) is 0 Å². The lowest BCUT2D eigenvalue weighted by Gasteiger charge is -2.13. The van der Waals surface area contributed by atoms with Crippen molar-refractivity contribution in [2.75, 3.05) is 11.9 Å².